The lowest BCUT2D eigenvalue weighted by atomic mass is 9.94. The number of aromatic nitrogens is 1. The van der Waals surface area contributed by atoms with Crippen LogP contribution in [0.1, 0.15) is 13.3 Å². The largest absolute Gasteiger partial charge is 0.481 e. The smallest absolute Gasteiger partial charge is 0.311 e. The Labute approximate surface area is 118 Å². The van der Waals surface area contributed by atoms with E-state index in [0.717, 1.165) is 19.5 Å². The molecule has 2 rings (SSSR count). The van der Waals surface area contributed by atoms with Crippen LogP contribution in [0.5, 0.6) is 5.88 Å². The Morgan fingerprint density at radius 3 is 2.90 bits per heavy atom. The molecule has 7 heteroatoms. The molecule has 0 amide bonds. The van der Waals surface area contributed by atoms with Gasteiger partial charge in [-0.1, -0.05) is 6.92 Å². The van der Waals surface area contributed by atoms with Crippen LogP contribution >= 0.6 is 0 Å². The van der Waals surface area contributed by atoms with E-state index in [4.69, 9.17) is 4.74 Å². The van der Waals surface area contributed by atoms with Crippen LogP contribution in [0.4, 0.5) is 11.5 Å². The zero-order chi connectivity index (χ0) is 14.7. The zero-order valence-corrected chi connectivity index (χ0v) is 12.0. The van der Waals surface area contributed by atoms with Crippen LogP contribution in [0.15, 0.2) is 12.1 Å². The highest BCUT2D eigenvalue weighted by molar-refractivity contribution is 5.57. The summed E-state index contributed by atoms with van der Waals surface area (Å²) in [5.74, 6) is 1.07. The van der Waals surface area contributed by atoms with Crippen molar-refractivity contribution in [3.63, 3.8) is 0 Å². The molecular formula is C13H20N4O3. The van der Waals surface area contributed by atoms with Crippen molar-refractivity contribution in [2.75, 3.05) is 32.6 Å². The van der Waals surface area contributed by atoms with E-state index in [0.29, 0.717) is 11.8 Å². The van der Waals surface area contributed by atoms with Gasteiger partial charge in [0.15, 0.2) is 0 Å². The van der Waals surface area contributed by atoms with Crippen molar-refractivity contribution in [1.29, 1.82) is 0 Å². The first-order valence-electron chi connectivity index (χ1n) is 6.65. The molecule has 110 valence electrons. The normalized spacial score (nSPS) is 23.4. The van der Waals surface area contributed by atoms with Gasteiger partial charge in [0, 0.05) is 24.7 Å². The molecule has 1 aliphatic rings. The Bertz CT molecular complexity index is 495. The lowest BCUT2D eigenvalue weighted by Gasteiger charge is -2.35. The minimum absolute atomic E-state index is 0.0167. The molecule has 20 heavy (non-hydrogen) atoms. The van der Waals surface area contributed by atoms with Gasteiger partial charge in [-0.2, -0.15) is 4.98 Å². The third-order valence-corrected chi connectivity index (χ3v) is 3.68. The monoisotopic (exact) mass is 280 g/mol. The molecule has 0 aromatic carbocycles. The molecule has 1 saturated heterocycles. The molecule has 2 atom stereocenters. The van der Waals surface area contributed by atoms with Crippen molar-refractivity contribution in [3.05, 3.63) is 22.2 Å². The third-order valence-electron chi connectivity index (χ3n) is 3.68. The maximum atomic E-state index is 11.1. The van der Waals surface area contributed by atoms with E-state index in [1.54, 1.807) is 0 Å². The number of hydrogen-bond donors (Lipinski definition) is 1. The van der Waals surface area contributed by atoms with Crippen LogP contribution in [0.3, 0.4) is 0 Å². The average molecular weight is 280 g/mol. The molecule has 2 heterocycles. The molecule has 2 unspecified atom stereocenters. The summed E-state index contributed by atoms with van der Waals surface area (Å²) in [4.78, 5) is 17.1. The van der Waals surface area contributed by atoms with Gasteiger partial charge in [0.1, 0.15) is 0 Å². The highest BCUT2D eigenvalue weighted by Crippen LogP contribution is 2.28. The van der Waals surface area contributed by atoms with Crippen LogP contribution in [-0.4, -0.2) is 48.1 Å². The van der Waals surface area contributed by atoms with Crippen molar-refractivity contribution < 1.29 is 9.66 Å². The number of nitro groups is 1. The van der Waals surface area contributed by atoms with E-state index in [9.17, 15) is 10.1 Å². The highest BCUT2D eigenvalue weighted by atomic mass is 16.6. The Hall–Kier alpha value is -1.89. The summed E-state index contributed by atoms with van der Waals surface area (Å²) in [7, 11) is 3.58. The summed E-state index contributed by atoms with van der Waals surface area (Å²) in [6, 6.07) is 3.11. The fourth-order valence-corrected chi connectivity index (χ4v) is 2.55. The van der Waals surface area contributed by atoms with Crippen molar-refractivity contribution in [2.24, 2.45) is 5.92 Å². The molecule has 0 aliphatic carbocycles. The number of rotatable bonds is 4. The van der Waals surface area contributed by atoms with E-state index >= 15 is 0 Å². The van der Waals surface area contributed by atoms with E-state index in [1.807, 2.05) is 0 Å². The van der Waals surface area contributed by atoms with E-state index in [1.165, 1.54) is 19.2 Å². The zero-order valence-electron chi connectivity index (χ0n) is 12.0. The minimum atomic E-state index is -0.422. The van der Waals surface area contributed by atoms with Gasteiger partial charge >= 0.3 is 5.69 Å². The van der Waals surface area contributed by atoms with Crippen LogP contribution in [0.2, 0.25) is 0 Å². The Kier molecular flexibility index (Phi) is 4.39. The maximum Gasteiger partial charge on any atom is 0.311 e. The van der Waals surface area contributed by atoms with Crippen molar-refractivity contribution in [1.82, 2.24) is 9.88 Å². The third kappa shape index (κ3) is 3.16. The van der Waals surface area contributed by atoms with E-state index in [2.05, 4.69) is 29.2 Å². The van der Waals surface area contributed by atoms with Crippen molar-refractivity contribution in [3.8, 4) is 5.88 Å². The summed E-state index contributed by atoms with van der Waals surface area (Å²) in [5, 5.41) is 14.3. The van der Waals surface area contributed by atoms with Gasteiger partial charge in [0.05, 0.1) is 12.0 Å². The van der Waals surface area contributed by atoms with Gasteiger partial charge < -0.3 is 15.0 Å². The molecule has 0 radical (unpaired) electrons. The number of ether oxygens (including phenoxy) is 1. The molecule has 1 aromatic heterocycles. The summed E-state index contributed by atoms with van der Waals surface area (Å²) >= 11 is 0. The topological polar surface area (TPSA) is 80.5 Å². The van der Waals surface area contributed by atoms with Crippen LogP contribution in [0, 0.1) is 16.0 Å². The van der Waals surface area contributed by atoms with Crippen LogP contribution in [-0.2, 0) is 0 Å². The molecule has 1 fully saturated rings. The molecule has 1 N–H and O–H groups in total. The highest BCUT2D eigenvalue weighted by Gasteiger charge is 2.27. The number of pyridine rings is 1. The summed E-state index contributed by atoms with van der Waals surface area (Å²) in [6.07, 6.45) is 0.938. The van der Waals surface area contributed by atoms with Crippen LogP contribution in [0.25, 0.3) is 0 Å². The van der Waals surface area contributed by atoms with Gasteiger partial charge in [0.25, 0.3) is 0 Å². The molecule has 0 bridgehead atoms. The van der Waals surface area contributed by atoms with E-state index < -0.39 is 4.92 Å². The number of hydrogen-bond acceptors (Lipinski definition) is 6. The quantitative estimate of drug-likeness (QED) is 0.668. The predicted octanol–water partition coefficient (Wildman–Crippen LogP) is 1.75. The second-order valence-corrected chi connectivity index (χ2v) is 5.26. The summed E-state index contributed by atoms with van der Waals surface area (Å²) in [5.41, 5.74) is -0.0167. The van der Waals surface area contributed by atoms with Crippen molar-refractivity contribution >= 4 is 11.5 Å². The molecule has 1 aliphatic heterocycles. The number of methoxy groups -OCH3 is 1. The van der Waals surface area contributed by atoms with E-state index in [-0.39, 0.29) is 17.5 Å². The second kappa shape index (κ2) is 6.04. The lowest BCUT2D eigenvalue weighted by Crippen LogP contribution is -2.43. The average Bonchev–Trinajstić information content (AvgIpc) is 2.41. The lowest BCUT2D eigenvalue weighted by molar-refractivity contribution is -0.384. The molecule has 0 spiro atoms. The summed E-state index contributed by atoms with van der Waals surface area (Å²) < 4.78 is 5.04. The molecule has 0 saturated carbocycles. The first-order valence-corrected chi connectivity index (χ1v) is 6.65. The first-order chi connectivity index (χ1) is 9.51. The minimum Gasteiger partial charge on any atom is -0.481 e. The fourth-order valence-electron chi connectivity index (χ4n) is 2.55. The maximum absolute atomic E-state index is 11.1. The standard InChI is InChI=1S/C13H20N4O3/c1-9-8-16(2)7-6-10(9)14-13-11(17(18)19)4-5-12(15-13)20-3/h4-5,9-10H,6-8H2,1-3H3,(H,14,15). The van der Waals surface area contributed by atoms with Crippen LogP contribution < -0.4 is 10.1 Å². The van der Waals surface area contributed by atoms with Gasteiger partial charge in [-0.15, -0.1) is 0 Å². The van der Waals surface area contributed by atoms with Gasteiger partial charge in [-0.3, -0.25) is 10.1 Å². The predicted molar refractivity (Wildman–Crippen MR) is 76.1 cm³/mol. The first kappa shape index (κ1) is 14.5. The number of anilines is 1. The molecule has 1 aromatic rings. The SMILES string of the molecule is COc1ccc([N+](=O)[O-])c(NC2CCN(C)CC2C)n1. The summed E-state index contributed by atoms with van der Waals surface area (Å²) in [6.45, 7) is 4.08. The molecular weight excluding hydrogens is 260 g/mol. The molecule has 7 nitrogen and oxygen atoms in total. The number of piperidine rings is 1. The Morgan fingerprint density at radius 2 is 2.30 bits per heavy atom. The number of nitrogens with zero attached hydrogens (tertiary/aromatic N) is 3. The Balaban J connectivity index is 2.20. The van der Waals surface area contributed by atoms with Gasteiger partial charge in [0.2, 0.25) is 11.7 Å². The Morgan fingerprint density at radius 1 is 1.55 bits per heavy atom. The van der Waals surface area contributed by atoms with Gasteiger partial charge in [-0.25, -0.2) is 0 Å². The van der Waals surface area contributed by atoms with Gasteiger partial charge in [-0.05, 0) is 25.9 Å². The number of nitrogens with one attached hydrogen (secondary N) is 1. The fraction of sp³-hybridized carbons (Fsp3) is 0.615. The number of likely N-dealkylation sites (tertiary alicyclic amines) is 1. The van der Waals surface area contributed by atoms with Crippen molar-refractivity contribution in [2.45, 2.75) is 19.4 Å². The second-order valence-electron chi connectivity index (χ2n) is 5.26.